The molecule has 4 aromatic rings. The Bertz CT molecular complexity index is 1190. The summed E-state index contributed by atoms with van der Waals surface area (Å²) in [6, 6.07) is 9.17. The van der Waals surface area contributed by atoms with Crippen LogP contribution in [-0.4, -0.2) is 19.9 Å². The van der Waals surface area contributed by atoms with Crippen LogP contribution < -0.4 is 5.32 Å². The summed E-state index contributed by atoms with van der Waals surface area (Å²) in [5.74, 6) is 0.819. The highest BCUT2D eigenvalue weighted by Crippen LogP contribution is 2.44. The number of hydrogen-bond donors (Lipinski definition) is 2. The third-order valence-electron chi connectivity index (χ3n) is 4.67. The van der Waals surface area contributed by atoms with Crippen molar-refractivity contribution in [2.24, 2.45) is 0 Å². The van der Waals surface area contributed by atoms with E-state index < -0.39 is 16.8 Å². The quantitative estimate of drug-likeness (QED) is 0.357. The van der Waals surface area contributed by atoms with Crippen molar-refractivity contribution in [3.05, 3.63) is 65.6 Å². The second-order valence-electron chi connectivity index (χ2n) is 6.42. The Morgan fingerprint density at radius 3 is 2.59 bits per heavy atom. The van der Waals surface area contributed by atoms with Crippen molar-refractivity contribution >= 4 is 23.1 Å². The fourth-order valence-electron chi connectivity index (χ4n) is 3.36. The molecule has 0 aliphatic carbocycles. The number of halogens is 4. The largest absolute Gasteiger partial charge is 0.417 e. The number of hydrogen-bond acceptors (Lipinski definition) is 4. The van der Waals surface area contributed by atoms with Gasteiger partial charge in [-0.2, -0.15) is 13.2 Å². The molecule has 0 unspecified atom stereocenters. The predicted octanol–water partition coefficient (Wildman–Crippen LogP) is 5.93. The van der Waals surface area contributed by atoms with Crippen LogP contribution in [0.1, 0.15) is 5.56 Å². The maximum atomic E-state index is 13.3. The van der Waals surface area contributed by atoms with Gasteiger partial charge in [0.15, 0.2) is 0 Å². The summed E-state index contributed by atoms with van der Waals surface area (Å²) in [7, 11) is 0. The molecule has 0 spiro atoms. The van der Waals surface area contributed by atoms with Crippen LogP contribution in [-0.2, 0) is 6.18 Å². The molecule has 0 radical (unpaired) electrons. The summed E-state index contributed by atoms with van der Waals surface area (Å²) in [6.07, 6.45) is 0.367. The van der Waals surface area contributed by atoms with E-state index in [0.717, 1.165) is 11.6 Å². The third-order valence-corrected chi connectivity index (χ3v) is 5.08. The summed E-state index contributed by atoms with van der Waals surface area (Å²) in [6.45, 7) is 0. The van der Waals surface area contributed by atoms with Crippen molar-refractivity contribution in [1.82, 2.24) is 19.9 Å². The van der Waals surface area contributed by atoms with Crippen LogP contribution in [0.3, 0.4) is 0 Å². The van der Waals surface area contributed by atoms with E-state index in [2.05, 4.69) is 25.3 Å². The first-order valence-corrected chi connectivity index (χ1v) is 8.94. The molecule has 9 heteroatoms. The number of nitrogens with one attached hydrogen (secondary N) is 2. The smallest absolute Gasteiger partial charge is 0.338 e. The molecule has 144 valence electrons. The lowest BCUT2D eigenvalue weighted by molar-refractivity contribution is -0.137. The summed E-state index contributed by atoms with van der Waals surface area (Å²) >= 11 is 6.11. The number of nitrogens with zero attached hydrogens (tertiary/aromatic N) is 3. The molecular weight excluding hydrogens is 403 g/mol. The molecule has 2 N–H and O–H groups in total. The second-order valence-corrected chi connectivity index (χ2v) is 6.80. The van der Waals surface area contributed by atoms with Crippen LogP contribution in [0.5, 0.6) is 0 Å². The maximum Gasteiger partial charge on any atom is 0.417 e. The molecule has 0 saturated carbocycles. The van der Waals surface area contributed by atoms with Gasteiger partial charge >= 0.3 is 6.18 Å². The van der Waals surface area contributed by atoms with E-state index in [1.165, 1.54) is 12.1 Å². The molecule has 29 heavy (non-hydrogen) atoms. The Kier molecular flexibility index (Phi) is 3.85. The van der Waals surface area contributed by atoms with Gasteiger partial charge in [0, 0.05) is 29.1 Å². The zero-order chi connectivity index (χ0) is 20.2. The minimum Gasteiger partial charge on any atom is -0.338 e. The second kappa shape index (κ2) is 6.31. The lowest BCUT2D eigenvalue weighted by atomic mass is 10.1. The molecule has 0 saturated heterocycles. The molecule has 3 aromatic heterocycles. The van der Waals surface area contributed by atoms with Gasteiger partial charge in [-0.25, -0.2) is 9.97 Å². The van der Waals surface area contributed by atoms with E-state index in [4.69, 9.17) is 11.6 Å². The number of alkyl halides is 3. The molecule has 1 aromatic carbocycles. The van der Waals surface area contributed by atoms with Crippen molar-refractivity contribution in [2.75, 3.05) is 5.32 Å². The molecule has 0 bridgehead atoms. The van der Waals surface area contributed by atoms with E-state index in [-0.39, 0.29) is 11.4 Å². The Morgan fingerprint density at radius 2 is 1.76 bits per heavy atom. The summed E-state index contributed by atoms with van der Waals surface area (Å²) < 4.78 is 39.8. The zero-order valence-corrected chi connectivity index (χ0v) is 15.3. The highest BCUT2D eigenvalue weighted by atomic mass is 35.5. The van der Waals surface area contributed by atoms with Gasteiger partial charge in [0.25, 0.3) is 0 Å². The number of pyridine rings is 2. The fraction of sp³-hybridized carbons (Fsp3) is 0.0500. The average molecular weight is 414 g/mol. The van der Waals surface area contributed by atoms with Crippen molar-refractivity contribution in [3.8, 4) is 33.9 Å². The van der Waals surface area contributed by atoms with Crippen molar-refractivity contribution in [3.63, 3.8) is 0 Å². The van der Waals surface area contributed by atoms with E-state index in [1.807, 2.05) is 6.07 Å². The highest BCUT2D eigenvalue weighted by Gasteiger charge is 2.34. The van der Waals surface area contributed by atoms with E-state index in [1.54, 1.807) is 30.7 Å². The zero-order valence-electron chi connectivity index (χ0n) is 14.5. The van der Waals surface area contributed by atoms with Crippen molar-refractivity contribution in [2.45, 2.75) is 6.18 Å². The number of benzene rings is 1. The fourth-order valence-corrected chi connectivity index (χ4v) is 3.68. The molecule has 0 amide bonds. The normalized spacial score (nSPS) is 12.4. The molecule has 1 aliphatic rings. The molecule has 0 atom stereocenters. The van der Waals surface area contributed by atoms with E-state index in [0.29, 0.717) is 28.5 Å². The first kappa shape index (κ1) is 17.7. The van der Waals surface area contributed by atoms with Crippen LogP contribution in [0.4, 0.5) is 24.7 Å². The van der Waals surface area contributed by atoms with Crippen LogP contribution in [0.25, 0.3) is 33.9 Å². The number of H-pyrrole nitrogens is 1. The van der Waals surface area contributed by atoms with Crippen molar-refractivity contribution in [1.29, 1.82) is 0 Å². The minimum absolute atomic E-state index is 0.170. The number of rotatable bonds is 1. The number of aromatic amines is 1. The van der Waals surface area contributed by atoms with Crippen LogP contribution in [0.15, 0.2) is 55.0 Å². The summed E-state index contributed by atoms with van der Waals surface area (Å²) in [5.41, 5.74) is 2.66. The van der Waals surface area contributed by atoms with Gasteiger partial charge < -0.3 is 10.3 Å². The highest BCUT2D eigenvalue weighted by molar-refractivity contribution is 6.34. The van der Waals surface area contributed by atoms with Crippen molar-refractivity contribution < 1.29 is 13.2 Å². The Balaban J connectivity index is 1.77. The number of anilines is 2. The van der Waals surface area contributed by atoms with Gasteiger partial charge in [0.2, 0.25) is 0 Å². The summed E-state index contributed by atoms with van der Waals surface area (Å²) in [5, 5.41) is 2.83. The van der Waals surface area contributed by atoms with Gasteiger partial charge in [-0.05, 0) is 30.3 Å². The molecular formula is C20H11ClF3N5. The van der Waals surface area contributed by atoms with Crippen LogP contribution >= 0.6 is 11.6 Å². The standard InChI is InChI=1S/C20H11ClF3N5/c21-15-11(3-1-5-13(15)20(22,23)24)19-28-16-10-6-8-25-9-14(10)27-18-12(17(16)29-19)4-2-7-26-18/h1-9H,(H,26,27)(H,28,29). The van der Waals surface area contributed by atoms with Gasteiger partial charge in [0.1, 0.15) is 17.3 Å². The Morgan fingerprint density at radius 1 is 0.931 bits per heavy atom. The first-order chi connectivity index (χ1) is 13.9. The lowest BCUT2D eigenvalue weighted by Gasteiger charge is -2.11. The molecule has 1 aliphatic heterocycles. The summed E-state index contributed by atoms with van der Waals surface area (Å²) in [4.78, 5) is 16.2. The number of fused-ring (bicyclic) bond motifs is 5. The van der Waals surface area contributed by atoms with Gasteiger partial charge in [-0.3, -0.25) is 4.98 Å². The monoisotopic (exact) mass is 413 g/mol. The number of imidazole rings is 1. The average Bonchev–Trinajstić information content (AvgIpc) is 3.08. The molecule has 0 fully saturated rings. The van der Waals surface area contributed by atoms with Gasteiger partial charge in [0.05, 0.1) is 28.2 Å². The molecule has 5 rings (SSSR count). The predicted molar refractivity (Wildman–Crippen MR) is 104 cm³/mol. The van der Waals surface area contributed by atoms with Crippen LogP contribution in [0.2, 0.25) is 5.02 Å². The third kappa shape index (κ3) is 2.84. The lowest BCUT2D eigenvalue weighted by Crippen LogP contribution is -2.06. The SMILES string of the molecule is FC(F)(F)c1cccc(-c2nc3c([nH]2)-c2ccncc2Nc2ncccc2-3)c1Cl. The van der Waals surface area contributed by atoms with Gasteiger partial charge in [-0.1, -0.05) is 17.7 Å². The van der Waals surface area contributed by atoms with E-state index in [9.17, 15) is 13.2 Å². The Labute approximate surface area is 167 Å². The molecule has 4 heterocycles. The van der Waals surface area contributed by atoms with E-state index >= 15 is 0 Å². The number of aromatic nitrogens is 4. The van der Waals surface area contributed by atoms with Crippen LogP contribution in [0, 0.1) is 0 Å². The maximum absolute atomic E-state index is 13.3. The topological polar surface area (TPSA) is 66.5 Å². The minimum atomic E-state index is -4.56. The molecule has 5 nitrogen and oxygen atoms in total. The first-order valence-electron chi connectivity index (χ1n) is 8.56. The Hall–Kier alpha value is -3.39. The van der Waals surface area contributed by atoms with Gasteiger partial charge in [-0.15, -0.1) is 0 Å².